The first-order valence-electron chi connectivity index (χ1n) is 8.50. The minimum atomic E-state index is -3.82. The summed E-state index contributed by atoms with van der Waals surface area (Å²) in [7, 11) is -3.82. The summed E-state index contributed by atoms with van der Waals surface area (Å²) in [4.78, 5) is 12.8. The van der Waals surface area contributed by atoms with Crippen molar-refractivity contribution in [2.45, 2.75) is 25.0 Å². The monoisotopic (exact) mass is 374 g/mol. The molecule has 2 aromatic rings. The number of hydrogen-bond acceptors (Lipinski definition) is 4. The van der Waals surface area contributed by atoms with Gasteiger partial charge in [0.05, 0.1) is 12.3 Å². The van der Waals surface area contributed by atoms with Crippen LogP contribution in [0.3, 0.4) is 0 Å². The van der Waals surface area contributed by atoms with E-state index in [1.54, 1.807) is 48.5 Å². The second-order valence-electron chi connectivity index (χ2n) is 6.31. The van der Waals surface area contributed by atoms with Crippen LogP contribution in [0.2, 0.25) is 0 Å². The molecule has 1 N–H and O–H groups in total. The Hall–Kier alpha value is -2.54. The lowest BCUT2D eigenvalue weighted by atomic mass is 10.1. The van der Waals surface area contributed by atoms with Gasteiger partial charge in [0.1, 0.15) is 5.75 Å². The summed E-state index contributed by atoms with van der Waals surface area (Å²) in [5, 5.41) is 2.72. The second-order valence-corrected chi connectivity index (χ2v) is 8.60. The van der Waals surface area contributed by atoms with Crippen LogP contribution in [0.4, 0.5) is 11.4 Å². The largest absolute Gasteiger partial charge is 0.494 e. The van der Waals surface area contributed by atoms with Crippen molar-refractivity contribution in [3.8, 4) is 5.75 Å². The van der Waals surface area contributed by atoms with Gasteiger partial charge in [0, 0.05) is 12.2 Å². The Labute approximate surface area is 153 Å². The third kappa shape index (κ3) is 3.14. The van der Waals surface area contributed by atoms with Crippen LogP contribution in [0, 0.1) is 0 Å². The Balaban J connectivity index is 1.80. The molecule has 1 aliphatic heterocycles. The molecular weight excluding hydrogens is 352 g/mol. The van der Waals surface area contributed by atoms with Crippen molar-refractivity contribution in [2.75, 3.05) is 22.8 Å². The van der Waals surface area contributed by atoms with Gasteiger partial charge >= 0.3 is 0 Å². The summed E-state index contributed by atoms with van der Waals surface area (Å²) < 4.78 is 31.2. The summed E-state index contributed by atoms with van der Waals surface area (Å²) in [6.45, 7) is 4.20. The molecule has 0 bridgehead atoms. The molecule has 1 unspecified atom stereocenters. The zero-order valence-corrected chi connectivity index (χ0v) is 15.6. The van der Waals surface area contributed by atoms with E-state index >= 15 is 0 Å². The Bertz CT molecular complexity index is 882. The van der Waals surface area contributed by atoms with E-state index in [0.717, 1.165) is 0 Å². The molecule has 1 atom stereocenters. The number of para-hydroxylation sites is 1. The molecule has 0 radical (unpaired) electrons. The van der Waals surface area contributed by atoms with Gasteiger partial charge in [-0.1, -0.05) is 18.2 Å². The van der Waals surface area contributed by atoms with E-state index in [-0.39, 0.29) is 13.0 Å². The number of anilines is 2. The number of hydrogen-bond donors (Lipinski definition) is 1. The summed E-state index contributed by atoms with van der Waals surface area (Å²) in [5.74, 6) is 0.167. The van der Waals surface area contributed by atoms with Crippen molar-refractivity contribution in [3.63, 3.8) is 0 Å². The van der Waals surface area contributed by atoms with Crippen LogP contribution in [0.1, 0.15) is 20.3 Å². The maximum absolute atomic E-state index is 13.0. The fourth-order valence-electron chi connectivity index (χ4n) is 2.96. The number of carbonyl (C=O) groups excluding carboxylic acids is 1. The first-order chi connectivity index (χ1) is 12.4. The van der Waals surface area contributed by atoms with Crippen molar-refractivity contribution in [1.82, 2.24) is 0 Å². The number of sulfonamides is 1. The third-order valence-electron chi connectivity index (χ3n) is 4.60. The number of ether oxygens (including phenoxy) is 1. The molecule has 0 saturated carbocycles. The lowest BCUT2D eigenvalue weighted by molar-refractivity contribution is -0.118. The fraction of sp³-hybridized carbons (Fsp3) is 0.316. The lowest BCUT2D eigenvalue weighted by Crippen LogP contribution is -2.47. The molecule has 138 valence electrons. The molecule has 1 saturated heterocycles. The van der Waals surface area contributed by atoms with Crippen LogP contribution in [-0.4, -0.2) is 32.2 Å². The van der Waals surface area contributed by atoms with E-state index in [2.05, 4.69) is 5.32 Å². The highest BCUT2D eigenvalue weighted by molar-refractivity contribution is 7.95. The van der Waals surface area contributed by atoms with E-state index < -0.39 is 20.7 Å². The molecule has 1 aliphatic rings. The number of nitrogens with zero attached hydrogens (tertiary/aromatic N) is 1. The van der Waals surface area contributed by atoms with E-state index in [1.165, 1.54) is 11.2 Å². The van der Waals surface area contributed by atoms with E-state index in [9.17, 15) is 13.2 Å². The zero-order valence-electron chi connectivity index (χ0n) is 14.8. The average molecular weight is 374 g/mol. The summed E-state index contributed by atoms with van der Waals surface area (Å²) in [6, 6.07) is 15.7. The molecule has 7 heteroatoms. The summed E-state index contributed by atoms with van der Waals surface area (Å²) >= 11 is 0. The standard InChI is InChI=1S/C19H22N2O4S/c1-3-25-17-11-9-15(10-12-17)20-18(22)19(2)13-14-21(26(19,23)24)16-7-5-4-6-8-16/h4-12H,3,13-14H2,1-2H3,(H,20,22). The lowest BCUT2D eigenvalue weighted by Gasteiger charge is -2.25. The Kier molecular flexibility index (Phi) is 4.91. The van der Waals surface area contributed by atoms with Crippen molar-refractivity contribution < 1.29 is 17.9 Å². The summed E-state index contributed by atoms with van der Waals surface area (Å²) in [6.07, 6.45) is 0.229. The molecule has 0 aromatic heterocycles. The van der Waals surface area contributed by atoms with Crippen LogP contribution >= 0.6 is 0 Å². The Morgan fingerprint density at radius 2 is 1.81 bits per heavy atom. The van der Waals surface area contributed by atoms with Gasteiger partial charge in [-0.2, -0.15) is 0 Å². The quantitative estimate of drug-likeness (QED) is 0.873. The minimum Gasteiger partial charge on any atom is -0.494 e. The maximum Gasteiger partial charge on any atom is 0.249 e. The van der Waals surface area contributed by atoms with Crippen LogP contribution in [0.15, 0.2) is 54.6 Å². The molecule has 0 spiro atoms. The normalized spacial score (nSPS) is 21.4. The highest BCUT2D eigenvalue weighted by atomic mass is 32.2. The zero-order chi connectivity index (χ0) is 18.8. The highest BCUT2D eigenvalue weighted by Gasteiger charge is 2.54. The van der Waals surface area contributed by atoms with Crippen molar-refractivity contribution >= 4 is 27.3 Å². The molecule has 6 nitrogen and oxygen atoms in total. The fourth-order valence-corrected chi connectivity index (χ4v) is 4.82. The van der Waals surface area contributed by atoms with Crippen LogP contribution in [-0.2, 0) is 14.8 Å². The molecule has 3 rings (SSSR count). The maximum atomic E-state index is 13.0. The minimum absolute atomic E-state index is 0.229. The third-order valence-corrected chi connectivity index (χ3v) is 7.10. The van der Waals surface area contributed by atoms with E-state index in [4.69, 9.17) is 4.74 Å². The first-order valence-corrected chi connectivity index (χ1v) is 9.94. The SMILES string of the molecule is CCOc1ccc(NC(=O)C2(C)CCN(c3ccccc3)S2(=O)=O)cc1. The van der Waals surface area contributed by atoms with Crippen molar-refractivity contribution in [3.05, 3.63) is 54.6 Å². The Morgan fingerprint density at radius 3 is 2.42 bits per heavy atom. The van der Waals surface area contributed by atoms with Gasteiger partial charge in [0.25, 0.3) is 0 Å². The predicted molar refractivity (Wildman–Crippen MR) is 102 cm³/mol. The molecule has 1 heterocycles. The Morgan fingerprint density at radius 1 is 1.15 bits per heavy atom. The van der Waals surface area contributed by atoms with Crippen LogP contribution in [0.5, 0.6) is 5.75 Å². The number of benzene rings is 2. The molecule has 0 aliphatic carbocycles. The van der Waals surface area contributed by atoms with Crippen molar-refractivity contribution in [1.29, 1.82) is 0 Å². The average Bonchev–Trinajstić information content (AvgIpc) is 2.88. The highest BCUT2D eigenvalue weighted by Crippen LogP contribution is 2.37. The van der Waals surface area contributed by atoms with Crippen LogP contribution < -0.4 is 14.4 Å². The van der Waals surface area contributed by atoms with Gasteiger partial charge in [-0.3, -0.25) is 9.10 Å². The predicted octanol–water partition coefficient (Wildman–Crippen LogP) is 3.02. The second kappa shape index (κ2) is 6.99. The number of carbonyl (C=O) groups is 1. The molecule has 2 aromatic carbocycles. The molecular formula is C19H22N2O4S. The van der Waals surface area contributed by atoms with Gasteiger partial charge in [-0.25, -0.2) is 8.42 Å². The number of rotatable bonds is 5. The van der Waals surface area contributed by atoms with Crippen LogP contribution in [0.25, 0.3) is 0 Å². The van der Waals surface area contributed by atoms with Gasteiger partial charge < -0.3 is 10.1 Å². The van der Waals surface area contributed by atoms with E-state index in [0.29, 0.717) is 23.7 Å². The first kappa shape index (κ1) is 18.3. The molecule has 1 amide bonds. The molecule has 1 fully saturated rings. The smallest absolute Gasteiger partial charge is 0.249 e. The van der Waals surface area contributed by atoms with E-state index in [1.807, 2.05) is 13.0 Å². The summed E-state index contributed by atoms with van der Waals surface area (Å²) in [5.41, 5.74) is 1.11. The van der Waals surface area contributed by atoms with Gasteiger partial charge in [-0.15, -0.1) is 0 Å². The van der Waals surface area contributed by atoms with Gasteiger partial charge in [0.15, 0.2) is 4.75 Å². The van der Waals surface area contributed by atoms with Gasteiger partial charge in [-0.05, 0) is 56.7 Å². The van der Waals surface area contributed by atoms with Gasteiger partial charge in [0.2, 0.25) is 15.9 Å². The topological polar surface area (TPSA) is 75.7 Å². The molecule has 26 heavy (non-hydrogen) atoms. The number of amides is 1. The van der Waals surface area contributed by atoms with Crippen molar-refractivity contribution in [2.24, 2.45) is 0 Å². The number of nitrogens with one attached hydrogen (secondary N) is 1.